The van der Waals surface area contributed by atoms with Gasteiger partial charge in [0.25, 0.3) is 0 Å². The van der Waals surface area contributed by atoms with Gasteiger partial charge in [0.2, 0.25) is 0 Å². The van der Waals surface area contributed by atoms with Crippen LogP contribution in [0, 0.1) is 58.7 Å². The average molecular weight is 465 g/mol. The Kier molecular flexibility index (Phi) is 4.82. The summed E-state index contributed by atoms with van der Waals surface area (Å²) < 4.78 is 2.08. The van der Waals surface area contributed by atoms with Crippen LogP contribution in [0.15, 0.2) is 6.20 Å². The van der Waals surface area contributed by atoms with Crippen LogP contribution in [0.5, 0.6) is 0 Å². The monoisotopic (exact) mass is 464 g/mol. The number of carbonyl (C=O) groups is 1. The lowest BCUT2D eigenvalue weighted by atomic mass is 9.47. The molecule has 5 fully saturated rings. The van der Waals surface area contributed by atoms with Crippen molar-refractivity contribution in [3.05, 3.63) is 17.5 Å². The summed E-state index contributed by atoms with van der Waals surface area (Å²) in [6, 6.07) is 0. The number of hydrogen-bond donors (Lipinski definition) is 1. The first-order chi connectivity index (χ1) is 16.3. The van der Waals surface area contributed by atoms with E-state index in [1.165, 1.54) is 56.2 Å². The van der Waals surface area contributed by atoms with E-state index in [-0.39, 0.29) is 11.3 Å². The molecule has 1 N–H and O–H groups in total. The van der Waals surface area contributed by atoms with E-state index in [0.29, 0.717) is 18.2 Å². The van der Waals surface area contributed by atoms with Crippen molar-refractivity contribution >= 4 is 5.78 Å². The first kappa shape index (κ1) is 22.1. The van der Waals surface area contributed by atoms with E-state index in [1.54, 1.807) is 0 Å². The van der Waals surface area contributed by atoms with Crippen LogP contribution >= 0.6 is 0 Å². The maximum atomic E-state index is 14.0. The van der Waals surface area contributed by atoms with E-state index in [4.69, 9.17) is 5.10 Å². The third-order valence-electron chi connectivity index (χ3n) is 12.4. The van der Waals surface area contributed by atoms with Crippen molar-refractivity contribution in [3.8, 4) is 0 Å². The Hall–Kier alpha value is -1.16. The molecule has 0 unspecified atom stereocenters. The molecule has 7 rings (SSSR count). The molecule has 1 heterocycles. The number of aryl methyl sites for hydroxylation is 1. The lowest BCUT2D eigenvalue weighted by molar-refractivity contribution is -0.137. The van der Waals surface area contributed by atoms with Gasteiger partial charge in [-0.15, -0.1) is 0 Å². The molecule has 0 aromatic carbocycles. The molecule has 1 aromatic rings. The number of Topliss-reactive ketones (excluding diaryl/α,β-unsaturated/α-hetero) is 1. The number of hydrogen-bond acceptors (Lipinski definition) is 3. The molecule has 6 aliphatic rings. The molecule has 4 nitrogen and oxygen atoms in total. The van der Waals surface area contributed by atoms with Crippen LogP contribution in [0.1, 0.15) is 89.8 Å². The highest BCUT2D eigenvalue weighted by Crippen LogP contribution is 2.77. The summed E-state index contributed by atoms with van der Waals surface area (Å²) in [5, 5.41) is 15.4. The summed E-state index contributed by atoms with van der Waals surface area (Å²) in [7, 11) is 0. The molecular weight excluding hydrogens is 420 g/mol. The van der Waals surface area contributed by atoms with Gasteiger partial charge in [0.05, 0.1) is 11.8 Å². The predicted molar refractivity (Wildman–Crippen MR) is 132 cm³/mol. The second-order valence-electron chi connectivity index (χ2n) is 14.1. The summed E-state index contributed by atoms with van der Waals surface area (Å²) in [6.07, 6.45) is 15.2. The molecule has 11 atom stereocenters. The van der Waals surface area contributed by atoms with Gasteiger partial charge in [-0.2, -0.15) is 5.10 Å². The van der Waals surface area contributed by atoms with Crippen LogP contribution in [0.2, 0.25) is 0 Å². The van der Waals surface area contributed by atoms with Crippen molar-refractivity contribution in [2.24, 2.45) is 58.7 Å². The summed E-state index contributed by atoms with van der Waals surface area (Å²) in [6.45, 7) is 7.53. The van der Waals surface area contributed by atoms with Gasteiger partial charge in [-0.05, 0) is 136 Å². The highest BCUT2D eigenvalue weighted by molar-refractivity contribution is 5.83. The molecule has 1 aromatic heterocycles. The van der Waals surface area contributed by atoms with Gasteiger partial charge in [0.1, 0.15) is 6.54 Å². The Morgan fingerprint density at radius 1 is 1.06 bits per heavy atom. The maximum Gasteiger partial charge on any atom is 0.158 e. The normalized spacial score (nSPS) is 51.0. The van der Waals surface area contributed by atoms with E-state index < -0.39 is 5.60 Å². The molecule has 0 radical (unpaired) electrons. The molecule has 0 amide bonds. The highest BCUT2D eigenvalue weighted by Gasteiger charge is 2.74. The SMILES string of the molecule is C[C@H]1[C@@H]2[C@H]1[C@H](C(=O)Cn1ncc3c1CCCC3)[C@@]1(C)CC[C@H]3[C@@H](CC[C@@H]4C[C@](C)(O)CC[C@@H]43)[C@H]21. The maximum absolute atomic E-state index is 14.0. The van der Waals surface area contributed by atoms with Gasteiger partial charge in [-0.25, -0.2) is 0 Å². The standard InChI is InChI=1S/C30H44N2O2/c1-17-25-26(17)28(24(33)16-32-23-7-5-4-6-19(23)15-31-32)30(3)13-11-21-20-10-12-29(2,34)14-18(20)8-9-22(21)27(25)30/h15,17-18,20-22,25-28,34H,4-14,16H2,1-3H3/t17-,18+,20-,21+,22+,25+,26-,27+,28-,29+,30-/m0/s1. The average Bonchev–Trinajstić information content (AvgIpc) is 3.15. The number of carbonyl (C=O) groups excluding carboxylic acids is 1. The number of rotatable bonds is 3. The van der Waals surface area contributed by atoms with Crippen molar-refractivity contribution in [1.29, 1.82) is 0 Å². The Morgan fingerprint density at radius 3 is 2.71 bits per heavy atom. The van der Waals surface area contributed by atoms with Crippen molar-refractivity contribution in [2.75, 3.05) is 0 Å². The fourth-order valence-electron chi connectivity index (χ4n) is 11.0. The molecule has 0 saturated heterocycles. The smallest absolute Gasteiger partial charge is 0.158 e. The van der Waals surface area contributed by atoms with E-state index in [1.807, 2.05) is 6.20 Å². The summed E-state index contributed by atoms with van der Waals surface area (Å²) in [5.41, 5.74) is 2.48. The number of aromatic nitrogens is 2. The van der Waals surface area contributed by atoms with Crippen molar-refractivity contribution in [2.45, 2.75) is 104 Å². The third-order valence-corrected chi connectivity index (χ3v) is 12.4. The second kappa shape index (κ2) is 7.43. The minimum absolute atomic E-state index is 0.195. The Morgan fingerprint density at radius 2 is 1.85 bits per heavy atom. The van der Waals surface area contributed by atoms with Crippen molar-refractivity contribution < 1.29 is 9.90 Å². The lowest BCUT2D eigenvalue weighted by Gasteiger charge is -2.58. The van der Waals surface area contributed by atoms with E-state index >= 15 is 0 Å². The molecule has 4 heteroatoms. The molecule has 34 heavy (non-hydrogen) atoms. The van der Waals surface area contributed by atoms with Gasteiger partial charge in [-0.1, -0.05) is 13.8 Å². The number of aliphatic hydroxyl groups is 1. The highest BCUT2D eigenvalue weighted by atomic mass is 16.3. The van der Waals surface area contributed by atoms with Crippen LogP contribution in [0.25, 0.3) is 0 Å². The summed E-state index contributed by atoms with van der Waals surface area (Å²) >= 11 is 0. The molecule has 5 saturated carbocycles. The van der Waals surface area contributed by atoms with Crippen LogP contribution in [-0.2, 0) is 24.2 Å². The summed E-state index contributed by atoms with van der Waals surface area (Å²) in [5.74, 6) is 6.81. The van der Waals surface area contributed by atoms with E-state index in [9.17, 15) is 9.90 Å². The van der Waals surface area contributed by atoms with Crippen LogP contribution < -0.4 is 0 Å². The molecule has 186 valence electrons. The fourth-order valence-corrected chi connectivity index (χ4v) is 11.0. The minimum Gasteiger partial charge on any atom is -0.390 e. The molecular formula is C30H44N2O2. The van der Waals surface area contributed by atoms with E-state index in [0.717, 1.165) is 67.1 Å². The molecule has 0 bridgehead atoms. The zero-order valence-corrected chi connectivity index (χ0v) is 21.5. The molecule has 0 spiro atoms. The quantitative estimate of drug-likeness (QED) is 0.647. The van der Waals surface area contributed by atoms with Gasteiger partial charge in [-0.3, -0.25) is 9.48 Å². The molecule has 0 aliphatic heterocycles. The number of ketones is 1. The first-order valence-electron chi connectivity index (χ1n) is 14.6. The second-order valence-corrected chi connectivity index (χ2v) is 14.1. The van der Waals surface area contributed by atoms with Crippen molar-refractivity contribution in [1.82, 2.24) is 9.78 Å². The lowest BCUT2D eigenvalue weighted by Crippen LogP contribution is -2.52. The van der Waals surface area contributed by atoms with Crippen molar-refractivity contribution in [3.63, 3.8) is 0 Å². The largest absolute Gasteiger partial charge is 0.390 e. The Labute approximate surface area is 205 Å². The Balaban J connectivity index is 1.14. The Bertz CT molecular complexity index is 996. The van der Waals surface area contributed by atoms with Gasteiger partial charge in [0.15, 0.2) is 5.78 Å². The first-order valence-corrected chi connectivity index (χ1v) is 14.6. The molecule has 6 aliphatic carbocycles. The minimum atomic E-state index is -0.441. The number of fused-ring (bicyclic) bond motifs is 8. The topological polar surface area (TPSA) is 55.1 Å². The summed E-state index contributed by atoms with van der Waals surface area (Å²) in [4.78, 5) is 14.0. The van der Waals surface area contributed by atoms with Gasteiger partial charge >= 0.3 is 0 Å². The van der Waals surface area contributed by atoms with E-state index in [2.05, 4.69) is 25.5 Å². The predicted octanol–water partition coefficient (Wildman–Crippen LogP) is 5.45. The zero-order chi connectivity index (χ0) is 23.4. The van der Waals surface area contributed by atoms with Crippen LogP contribution in [0.3, 0.4) is 0 Å². The van der Waals surface area contributed by atoms with Crippen LogP contribution in [0.4, 0.5) is 0 Å². The third kappa shape index (κ3) is 3.05. The fraction of sp³-hybridized carbons (Fsp3) is 0.867. The van der Waals surface area contributed by atoms with Gasteiger partial charge in [0, 0.05) is 11.6 Å². The number of nitrogens with zero attached hydrogens (tertiary/aromatic N) is 2. The van der Waals surface area contributed by atoms with Crippen LogP contribution in [-0.4, -0.2) is 26.3 Å². The van der Waals surface area contributed by atoms with Gasteiger partial charge < -0.3 is 5.11 Å². The zero-order valence-electron chi connectivity index (χ0n) is 21.5.